The SMILES string of the molecule is Cc1cccc2c1CC[C@H]2c1ccccc1C(N)=O. The minimum atomic E-state index is -0.336. The van der Waals surface area contributed by atoms with Crippen molar-refractivity contribution >= 4 is 5.91 Å². The monoisotopic (exact) mass is 251 g/mol. The van der Waals surface area contributed by atoms with Crippen LogP contribution in [0.2, 0.25) is 0 Å². The van der Waals surface area contributed by atoms with Gasteiger partial charge in [0.2, 0.25) is 5.91 Å². The largest absolute Gasteiger partial charge is 0.366 e. The molecule has 2 aromatic carbocycles. The van der Waals surface area contributed by atoms with Gasteiger partial charge < -0.3 is 5.73 Å². The van der Waals surface area contributed by atoms with E-state index < -0.39 is 0 Å². The van der Waals surface area contributed by atoms with Gasteiger partial charge in [-0.05, 0) is 48.1 Å². The minimum absolute atomic E-state index is 0.304. The van der Waals surface area contributed by atoms with Crippen molar-refractivity contribution in [2.45, 2.75) is 25.7 Å². The van der Waals surface area contributed by atoms with Crippen molar-refractivity contribution in [2.24, 2.45) is 5.73 Å². The minimum Gasteiger partial charge on any atom is -0.366 e. The summed E-state index contributed by atoms with van der Waals surface area (Å²) in [4.78, 5) is 11.6. The Bertz CT molecular complexity index is 645. The molecule has 96 valence electrons. The van der Waals surface area contributed by atoms with E-state index in [1.807, 2.05) is 24.3 Å². The number of rotatable bonds is 2. The zero-order valence-electron chi connectivity index (χ0n) is 11.0. The van der Waals surface area contributed by atoms with Crippen LogP contribution in [-0.4, -0.2) is 5.91 Å². The molecule has 0 fully saturated rings. The lowest BCUT2D eigenvalue weighted by Crippen LogP contribution is -2.15. The van der Waals surface area contributed by atoms with Gasteiger partial charge in [0, 0.05) is 11.5 Å². The zero-order valence-corrected chi connectivity index (χ0v) is 11.0. The second-order valence-corrected chi connectivity index (χ2v) is 5.19. The van der Waals surface area contributed by atoms with E-state index in [0.29, 0.717) is 11.5 Å². The summed E-state index contributed by atoms with van der Waals surface area (Å²) in [5.41, 5.74) is 11.4. The maximum absolute atomic E-state index is 11.6. The number of aryl methyl sites for hydroxylation is 1. The first-order valence-electron chi connectivity index (χ1n) is 6.65. The molecule has 1 aliphatic carbocycles. The van der Waals surface area contributed by atoms with E-state index in [1.165, 1.54) is 16.7 Å². The fraction of sp³-hybridized carbons (Fsp3) is 0.235. The molecule has 0 heterocycles. The summed E-state index contributed by atoms with van der Waals surface area (Å²) in [5.74, 6) is -0.0321. The molecule has 2 aromatic rings. The molecule has 0 spiro atoms. The van der Waals surface area contributed by atoms with Gasteiger partial charge in [-0.2, -0.15) is 0 Å². The highest BCUT2D eigenvalue weighted by Crippen LogP contribution is 2.40. The number of carbonyl (C=O) groups excluding carboxylic acids is 1. The van der Waals surface area contributed by atoms with Crippen LogP contribution in [0.1, 0.15) is 45.0 Å². The van der Waals surface area contributed by atoms with E-state index in [-0.39, 0.29) is 5.91 Å². The van der Waals surface area contributed by atoms with Gasteiger partial charge in [-0.1, -0.05) is 36.4 Å². The van der Waals surface area contributed by atoms with Crippen molar-refractivity contribution in [1.29, 1.82) is 0 Å². The Labute approximate surface area is 113 Å². The Morgan fingerprint density at radius 1 is 1.11 bits per heavy atom. The van der Waals surface area contributed by atoms with Crippen LogP contribution in [0.3, 0.4) is 0 Å². The van der Waals surface area contributed by atoms with Crippen LogP contribution in [0.15, 0.2) is 42.5 Å². The molecular weight excluding hydrogens is 234 g/mol. The number of primary amides is 1. The Hall–Kier alpha value is -2.09. The van der Waals surface area contributed by atoms with Gasteiger partial charge in [-0.3, -0.25) is 4.79 Å². The van der Waals surface area contributed by atoms with Gasteiger partial charge in [-0.25, -0.2) is 0 Å². The topological polar surface area (TPSA) is 43.1 Å². The van der Waals surface area contributed by atoms with Crippen LogP contribution in [0.5, 0.6) is 0 Å². The molecule has 2 N–H and O–H groups in total. The highest BCUT2D eigenvalue weighted by molar-refractivity contribution is 5.94. The van der Waals surface area contributed by atoms with Gasteiger partial charge in [0.1, 0.15) is 0 Å². The summed E-state index contributed by atoms with van der Waals surface area (Å²) in [7, 11) is 0. The molecule has 3 rings (SSSR count). The van der Waals surface area contributed by atoms with E-state index in [1.54, 1.807) is 0 Å². The zero-order chi connectivity index (χ0) is 13.4. The lowest BCUT2D eigenvalue weighted by Gasteiger charge is -2.15. The van der Waals surface area contributed by atoms with Crippen molar-refractivity contribution in [2.75, 3.05) is 0 Å². The van der Waals surface area contributed by atoms with Crippen molar-refractivity contribution < 1.29 is 4.79 Å². The third-order valence-corrected chi connectivity index (χ3v) is 4.11. The first-order chi connectivity index (χ1) is 9.18. The standard InChI is InChI=1S/C17H17NO/c1-11-5-4-8-13-12(11)9-10-15(13)14-6-2-3-7-16(14)17(18)19/h2-8,15H,9-10H2,1H3,(H2,18,19)/t15-/m1/s1. The predicted molar refractivity (Wildman–Crippen MR) is 76.3 cm³/mol. The molecule has 19 heavy (non-hydrogen) atoms. The molecule has 0 saturated carbocycles. The molecule has 2 heteroatoms. The van der Waals surface area contributed by atoms with Crippen molar-refractivity contribution in [3.05, 3.63) is 70.3 Å². The number of fused-ring (bicyclic) bond motifs is 1. The predicted octanol–water partition coefficient (Wildman–Crippen LogP) is 3.17. The molecule has 0 aromatic heterocycles. The molecule has 1 aliphatic rings. The Kier molecular flexibility index (Phi) is 2.86. The van der Waals surface area contributed by atoms with E-state index in [2.05, 4.69) is 25.1 Å². The lowest BCUT2D eigenvalue weighted by molar-refractivity contribution is 0.0999. The number of hydrogen-bond donors (Lipinski definition) is 1. The molecule has 2 nitrogen and oxygen atoms in total. The van der Waals surface area contributed by atoms with Crippen LogP contribution in [0, 0.1) is 6.92 Å². The highest BCUT2D eigenvalue weighted by atomic mass is 16.1. The summed E-state index contributed by atoms with van der Waals surface area (Å²) >= 11 is 0. The van der Waals surface area contributed by atoms with Crippen molar-refractivity contribution in [3.63, 3.8) is 0 Å². The molecule has 0 aliphatic heterocycles. The van der Waals surface area contributed by atoms with Crippen LogP contribution in [0.4, 0.5) is 0 Å². The van der Waals surface area contributed by atoms with Crippen molar-refractivity contribution in [3.8, 4) is 0 Å². The van der Waals surface area contributed by atoms with E-state index in [9.17, 15) is 4.79 Å². The molecule has 0 bridgehead atoms. The molecule has 0 unspecified atom stereocenters. The van der Waals surface area contributed by atoms with Crippen molar-refractivity contribution in [1.82, 2.24) is 0 Å². The Balaban J connectivity index is 2.12. The molecule has 0 radical (unpaired) electrons. The maximum Gasteiger partial charge on any atom is 0.248 e. The summed E-state index contributed by atoms with van der Waals surface area (Å²) in [6.07, 6.45) is 2.14. The first kappa shape index (κ1) is 12.0. The number of benzene rings is 2. The average molecular weight is 251 g/mol. The van der Waals surface area contributed by atoms with Crippen LogP contribution < -0.4 is 5.73 Å². The first-order valence-corrected chi connectivity index (χ1v) is 6.65. The molecule has 1 atom stereocenters. The quantitative estimate of drug-likeness (QED) is 0.875. The maximum atomic E-state index is 11.6. The summed E-state index contributed by atoms with van der Waals surface area (Å²) in [5, 5.41) is 0. The lowest BCUT2D eigenvalue weighted by atomic mass is 9.89. The number of carbonyl (C=O) groups is 1. The van der Waals surface area contributed by atoms with Gasteiger partial charge >= 0.3 is 0 Å². The second kappa shape index (κ2) is 4.54. The second-order valence-electron chi connectivity index (χ2n) is 5.19. The van der Waals surface area contributed by atoms with E-state index >= 15 is 0 Å². The Morgan fingerprint density at radius 2 is 1.84 bits per heavy atom. The molecule has 0 saturated heterocycles. The fourth-order valence-electron chi connectivity index (χ4n) is 3.19. The third kappa shape index (κ3) is 1.93. The van der Waals surface area contributed by atoms with E-state index in [4.69, 9.17) is 5.73 Å². The van der Waals surface area contributed by atoms with Gasteiger partial charge in [0.05, 0.1) is 0 Å². The van der Waals surface area contributed by atoms with E-state index in [0.717, 1.165) is 18.4 Å². The van der Waals surface area contributed by atoms with Crippen LogP contribution in [-0.2, 0) is 6.42 Å². The fourth-order valence-corrected chi connectivity index (χ4v) is 3.19. The average Bonchev–Trinajstić information content (AvgIpc) is 2.84. The molecular formula is C17H17NO. The van der Waals surface area contributed by atoms with Gasteiger partial charge in [0.25, 0.3) is 0 Å². The number of nitrogens with two attached hydrogens (primary N) is 1. The normalized spacial score (nSPS) is 17.2. The van der Waals surface area contributed by atoms with Crippen LogP contribution >= 0.6 is 0 Å². The van der Waals surface area contributed by atoms with Crippen LogP contribution in [0.25, 0.3) is 0 Å². The van der Waals surface area contributed by atoms with Gasteiger partial charge in [0.15, 0.2) is 0 Å². The summed E-state index contributed by atoms with van der Waals surface area (Å²) in [6, 6.07) is 14.1. The van der Waals surface area contributed by atoms with Gasteiger partial charge in [-0.15, -0.1) is 0 Å². The third-order valence-electron chi connectivity index (χ3n) is 4.11. The molecule has 1 amide bonds. The highest BCUT2D eigenvalue weighted by Gasteiger charge is 2.27. The number of amides is 1. The summed E-state index contributed by atoms with van der Waals surface area (Å²) < 4.78 is 0. The number of hydrogen-bond acceptors (Lipinski definition) is 1. The summed E-state index contributed by atoms with van der Waals surface area (Å²) in [6.45, 7) is 2.15. The Morgan fingerprint density at radius 3 is 2.63 bits per heavy atom. The smallest absolute Gasteiger partial charge is 0.248 e.